The van der Waals surface area contributed by atoms with Gasteiger partial charge in [0, 0.05) is 28.6 Å². The van der Waals surface area contributed by atoms with Crippen molar-refractivity contribution in [2.45, 2.75) is 44.7 Å². The van der Waals surface area contributed by atoms with Gasteiger partial charge in [0.2, 0.25) is 0 Å². The first kappa shape index (κ1) is 13.1. The van der Waals surface area contributed by atoms with Crippen molar-refractivity contribution in [3.05, 3.63) is 34.3 Å². The number of nitrogens with zero attached hydrogens (tertiary/aromatic N) is 1. The van der Waals surface area contributed by atoms with Gasteiger partial charge in [0.15, 0.2) is 5.78 Å². The number of rotatable bonds is 2. The number of Topliss-reactive ketones (excluding diaryl/α,β-unsaturated/α-hetero) is 1. The standard InChI is InChI=1S/C16H20ClNO/c1-10-3-4-11(9-15(10)17)16(19)12-7-13-5-6-14(8-12)18(13)2/h3-4,9,12-14H,5-8H2,1-2H3. The average molecular weight is 278 g/mol. The van der Waals surface area contributed by atoms with Gasteiger partial charge in [0.05, 0.1) is 0 Å². The third kappa shape index (κ3) is 2.32. The van der Waals surface area contributed by atoms with Crippen molar-refractivity contribution in [2.24, 2.45) is 5.92 Å². The summed E-state index contributed by atoms with van der Waals surface area (Å²) in [4.78, 5) is 15.1. The largest absolute Gasteiger partial charge is 0.300 e. The lowest BCUT2D eigenvalue weighted by molar-refractivity contribution is 0.0767. The molecule has 19 heavy (non-hydrogen) atoms. The van der Waals surface area contributed by atoms with Gasteiger partial charge in [-0.05, 0) is 51.3 Å². The first-order chi connectivity index (χ1) is 9.06. The summed E-state index contributed by atoms with van der Waals surface area (Å²) >= 11 is 6.13. The molecule has 0 saturated carbocycles. The molecule has 102 valence electrons. The van der Waals surface area contributed by atoms with Crippen molar-refractivity contribution >= 4 is 17.4 Å². The molecule has 2 atom stereocenters. The Morgan fingerprint density at radius 1 is 1.26 bits per heavy atom. The molecule has 2 nitrogen and oxygen atoms in total. The summed E-state index contributed by atoms with van der Waals surface area (Å²) in [6.07, 6.45) is 4.52. The molecule has 0 aromatic heterocycles. The van der Waals surface area contributed by atoms with Crippen molar-refractivity contribution in [2.75, 3.05) is 7.05 Å². The van der Waals surface area contributed by atoms with Crippen molar-refractivity contribution in [3.8, 4) is 0 Å². The smallest absolute Gasteiger partial charge is 0.166 e. The van der Waals surface area contributed by atoms with Gasteiger partial charge in [0.1, 0.15) is 0 Å². The number of carbonyl (C=O) groups is 1. The minimum Gasteiger partial charge on any atom is -0.300 e. The predicted octanol–water partition coefficient (Wildman–Crippen LogP) is 3.70. The van der Waals surface area contributed by atoms with Crippen LogP contribution in [-0.4, -0.2) is 29.8 Å². The molecule has 2 aliphatic rings. The maximum Gasteiger partial charge on any atom is 0.166 e. The number of benzene rings is 1. The SMILES string of the molecule is Cc1ccc(C(=O)C2CC3CCC(C2)N3C)cc1Cl. The molecule has 0 radical (unpaired) electrons. The quantitative estimate of drug-likeness (QED) is 0.768. The summed E-state index contributed by atoms with van der Waals surface area (Å²) in [5, 5.41) is 0.696. The normalized spacial score (nSPS) is 30.6. The number of hydrogen-bond acceptors (Lipinski definition) is 2. The van der Waals surface area contributed by atoms with Crippen LogP contribution in [0.2, 0.25) is 5.02 Å². The van der Waals surface area contributed by atoms with Gasteiger partial charge >= 0.3 is 0 Å². The van der Waals surface area contributed by atoms with Gasteiger partial charge in [-0.15, -0.1) is 0 Å². The topological polar surface area (TPSA) is 20.3 Å². The lowest BCUT2D eigenvalue weighted by Crippen LogP contribution is -2.42. The molecule has 2 heterocycles. The minimum atomic E-state index is 0.187. The van der Waals surface area contributed by atoms with Crippen LogP contribution in [0.15, 0.2) is 18.2 Å². The molecule has 2 bridgehead atoms. The predicted molar refractivity (Wildman–Crippen MR) is 77.8 cm³/mol. The van der Waals surface area contributed by atoms with E-state index in [2.05, 4.69) is 11.9 Å². The van der Waals surface area contributed by atoms with Gasteiger partial charge in [-0.2, -0.15) is 0 Å². The molecule has 2 fully saturated rings. The molecular weight excluding hydrogens is 258 g/mol. The highest BCUT2D eigenvalue weighted by Gasteiger charge is 2.40. The number of hydrogen-bond donors (Lipinski definition) is 0. The number of ketones is 1. The Kier molecular flexibility index (Phi) is 3.40. The first-order valence-electron chi connectivity index (χ1n) is 7.08. The fraction of sp³-hybridized carbons (Fsp3) is 0.562. The van der Waals surface area contributed by atoms with E-state index < -0.39 is 0 Å². The van der Waals surface area contributed by atoms with Gasteiger partial charge in [-0.25, -0.2) is 0 Å². The van der Waals surface area contributed by atoms with E-state index in [4.69, 9.17) is 11.6 Å². The molecule has 2 aliphatic heterocycles. The molecule has 0 N–H and O–H groups in total. The highest BCUT2D eigenvalue weighted by Crippen LogP contribution is 2.38. The van der Waals surface area contributed by atoms with Crippen LogP contribution in [0.4, 0.5) is 0 Å². The fourth-order valence-electron chi connectivity index (χ4n) is 3.61. The van der Waals surface area contributed by atoms with Gasteiger partial charge in [0.25, 0.3) is 0 Å². The zero-order valence-corrected chi connectivity index (χ0v) is 12.3. The molecule has 2 saturated heterocycles. The number of aryl methyl sites for hydroxylation is 1. The molecule has 3 rings (SSSR count). The maximum absolute atomic E-state index is 12.6. The minimum absolute atomic E-state index is 0.187. The first-order valence-corrected chi connectivity index (χ1v) is 7.46. The summed E-state index contributed by atoms with van der Waals surface area (Å²) in [6.45, 7) is 1.96. The van der Waals surface area contributed by atoms with Gasteiger partial charge < -0.3 is 4.90 Å². The Morgan fingerprint density at radius 2 is 1.89 bits per heavy atom. The van der Waals surface area contributed by atoms with Crippen LogP contribution in [0.1, 0.15) is 41.6 Å². The zero-order chi connectivity index (χ0) is 13.6. The van der Waals surface area contributed by atoms with Gasteiger partial charge in [-0.3, -0.25) is 4.79 Å². The summed E-state index contributed by atoms with van der Waals surface area (Å²) in [7, 11) is 2.20. The van der Waals surface area contributed by atoms with E-state index in [-0.39, 0.29) is 11.7 Å². The van der Waals surface area contributed by atoms with Crippen molar-refractivity contribution in [1.82, 2.24) is 4.90 Å². The van der Waals surface area contributed by atoms with E-state index in [1.807, 2.05) is 25.1 Å². The van der Waals surface area contributed by atoms with Crippen LogP contribution >= 0.6 is 11.6 Å². The molecule has 0 spiro atoms. The lowest BCUT2D eigenvalue weighted by atomic mass is 9.85. The van der Waals surface area contributed by atoms with Crippen molar-refractivity contribution < 1.29 is 4.79 Å². The molecule has 1 aromatic carbocycles. The second-order valence-electron chi connectivity index (χ2n) is 6.05. The second kappa shape index (κ2) is 4.92. The summed E-state index contributed by atoms with van der Waals surface area (Å²) in [5.41, 5.74) is 1.81. The monoisotopic (exact) mass is 277 g/mol. The molecule has 3 heteroatoms. The molecule has 2 unspecified atom stereocenters. The van der Waals surface area contributed by atoms with E-state index in [0.717, 1.165) is 24.0 Å². The Morgan fingerprint density at radius 3 is 2.47 bits per heavy atom. The van der Waals surface area contributed by atoms with Crippen LogP contribution in [0, 0.1) is 12.8 Å². The van der Waals surface area contributed by atoms with Crippen LogP contribution in [0.5, 0.6) is 0 Å². The Balaban J connectivity index is 1.79. The Hall–Kier alpha value is -0.860. The number of carbonyl (C=O) groups excluding carboxylic acids is 1. The molecule has 1 aromatic rings. The number of piperidine rings is 1. The Bertz CT molecular complexity index is 499. The second-order valence-corrected chi connectivity index (χ2v) is 6.45. The van der Waals surface area contributed by atoms with E-state index in [1.165, 1.54) is 12.8 Å². The summed E-state index contributed by atoms with van der Waals surface area (Å²) in [5.74, 6) is 0.472. The van der Waals surface area contributed by atoms with Gasteiger partial charge in [-0.1, -0.05) is 23.7 Å². The van der Waals surface area contributed by atoms with Crippen LogP contribution in [0.3, 0.4) is 0 Å². The van der Waals surface area contributed by atoms with E-state index >= 15 is 0 Å². The number of halogens is 1. The molecule has 0 amide bonds. The number of fused-ring (bicyclic) bond motifs is 2. The van der Waals surface area contributed by atoms with Crippen molar-refractivity contribution in [3.63, 3.8) is 0 Å². The van der Waals surface area contributed by atoms with Crippen LogP contribution in [0.25, 0.3) is 0 Å². The van der Waals surface area contributed by atoms with E-state index in [1.54, 1.807) is 0 Å². The summed E-state index contributed by atoms with van der Waals surface area (Å²) in [6, 6.07) is 6.91. The fourth-order valence-corrected chi connectivity index (χ4v) is 3.79. The average Bonchev–Trinajstić information content (AvgIpc) is 2.64. The van der Waals surface area contributed by atoms with E-state index in [0.29, 0.717) is 17.1 Å². The van der Waals surface area contributed by atoms with Crippen LogP contribution in [-0.2, 0) is 0 Å². The molecule has 0 aliphatic carbocycles. The maximum atomic E-state index is 12.6. The highest BCUT2D eigenvalue weighted by atomic mass is 35.5. The van der Waals surface area contributed by atoms with Crippen LogP contribution < -0.4 is 0 Å². The Labute approximate surface area is 119 Å². The van der Waals surface area contributed by atoms with E-state index in [9.17, 15) is 4.79 Å². The zero-order valence-electron chi connectivity index (χ0n) is 11.5. The highest BCUT2D eigenvalue weighted by molar-refractivity contribution is 6.31. The summed E-state index contributed by atoms with van der Waals surface area (Å²) < 4.78 is 0. The molecular formula is C16H20ClNO. The third-order valence-electron chi connectivity index (χ3n) is 4.93. The third-order valence-corrected chi connectivity index (χ3v) is 5.33. The van der Waals surface area contributed by atoms with Crippen molar-refractivity contribution in [1.29, 1.82) is 0 Å². The lowest BCUT2D eigenvalue weighted by Gasteiger charge is -2.35.